The molecule has 4 rings (SSSR count). The fraction of sp³-hybridized carbons (Fsp3) is 0.286. The van der Waals surface area contributed by atoms with E-state index in [1.807, 2.05) is 12.1 Å². The Hall–Kier alpha value is -2.39. The van der Waals surface area contributed by atoms with Crippen LogP contribution in [0.2, 0.25) is 0 Å². The molecule has 1 heterocycles. The lowest BCUT2D eigenvalue weighted by Gasteiger charge is -2.39. The first kappa shape index (κ1) is 15.2. The van der Waals surface area contributed by atoms with Gasteiger partial charge in [-0.05, 0) is 48.7 Å². The van der Waals surface area contributed by atoms with E-state index in [2.05, 4.69) is 41.3 Å². The van der Waals surface area contributed by atoms with Crippen LogP contribution < -0.4 is 0 Å². The van der Waals surface area contributed by atoms with Crippen LogP contribution in [0.3, 0.4) is 0 Å². The molecular weight excluding hydrogens is 298 g/mol. The van der Waals surface area contributed by atoms with Crippen molar-refractivity contribution in [2.24, 2.45) is 0 Å². The van der Waals surface area contributed by atoms with Crippen LogP contribution in [0.5, 0.6) is 0 Å². The van der Waals surface area contributed by atoms with Crippen molar-refractivity contribution >= 4 is 12.0 Å². The molecule has 0 atom stereocenters. The first-order chi connectivity index (χ1) is 11.7. The highest BCUT2D eigenvalue weighted by Gasteiger charge is 2.37. The van der Waals surface area contributed by atoms with Crippen LogP contribution in [0.15, 0.2) is 54.6 Å². The summed E-state index contributed by atoms with van der Waals surface area (Å²) in [6.45, 7) is 2.70. The molecule has 24 heavy (non-hydrogen) atoms. The van der Waals surface area contributed by atoms with Crippen LogP contribution in [0.4, 0.5) is 0 Å². The monoisotopic (exact) mass is 319 g/mol. The van der Waals surface area contributed by atoms with Gasteiger partial charge in [-0.3, -0.25) is 4.90 Å². The number of carboxylic acids is 1. The minimum absolute atomic E-state index is 0.180. The third-order valence-corrected chi connectivity index (χ3v) is 5.47. The molecule has 1 saturated heterocycles. The molecule has 0 unspecified atom stereocenters. The lowest BCUT2D eigenvalue weighted by atomic mass is 9.74. The van der Waals surface area contributed by atoms with Crippen molar-refractivity contribution in [2.45, 2.75) is 24.8 Å². The molecule has 1 aliphatic heterocycles. The van der Waals surface area contributed by atoms with Gasteiger partial charge in [0.15, 0.2) is 0 Å². The summed E-state index contributed by atoms with van der Waals surface area (Å²) in [5.41, 5.74) is 4.31. The molecule has 0 radical (unpaired) electrons. The molecule has 122 valence electrons. The van der Waals surface area contributed by atoms with E-state index in [-0.39, 0.29) is 5.41 Å². The largest absolute Gasteiger partial charge is 0.478 e. The number of piperidine rings is 1. The zero-order valence-corrected chi connectivity index (χ0v) is 13.6. The molecular formula is C21H21NO2. The zero-order chi connectivity index (χ0) is 16.6. The Balaban J connectivity index is 1.48. The van der Waals surface area contributed by atoms with Crippen molar-refractivity contribution in [2.75, 3.05) is 13.1 Å². The maximum absolute atomic E-state index is 11.4. The number of carbonyl (C=O) groups is 1. The van der Waals surface area contributed by atoms with Gasteiger partial charge in [-0.25, -0.2) is 4.79 Å². The van der Waals surface area contributed by atoms with Gasteiger partial charge in [0.25, 0.3) is 0 Å². The minimum Gasteiger partial charge on any atom is -0.478 e. The number of hydrogen-bond acceptors (Lipinski definition) is 2. The normalized spacial score (nSPS) is 18.7. The number of carboxylic acid groups (broad SMARTS) is 1. The third kappa shape index (κ3) is 2.55. The van der Waals surface area contributed by atoms with Crippen LogP contribution in [-0.4, -0.2) is 29.1 Å². The summed E-state index contributed by atoms with van der Waals surface area (Å²) < 4.78 is 0. The second-order valence-corrected chi connectivity index (χ2v) is 6.82. The standard InChI is InChI=1S/C21H21NO2/c23-20(24)18-7-3-1-6-17(18)15-22-13-11-21(12-14-22)10-9-16-5-2-4-8-19(16)21/h1-10H,11-15H2,(H,23,24). The quantitative estimate of drug-likeness (QED) is 0.931. The first-order valence-corrected chi connectivity index (χ1v) is 8.50. The van der Waals surface area contributed by atoms with Crippen LogP contribution in [-0.2, 0) is 12.0 Å². The van der Waals surface area contributed by atoms with Crippen molar-refractivity contribution in [3.63, 3.8) is 0 Å². The minimum atomic E-state index is -0.841. The van der Waals surface area contributed by atoms with Crippen molar-refractivity contribution in [1.82, 2.24) is 4.90 Å². The molecule has 2 aliphatic rings. The Bertz CT molecular complexity index is 801. The van der Waals surface area contributed by atoms with Crippen molar-refractivity contribution in [1.29, 1.82) is 0 Å². The Morgan fingerprint density at radius 1 is 1.04 bits per heavy atom. The first-order valence-electron chi connectivity index (χ1n) is 8.50. The summed E-state index contributed by atoms with van der Waals surface area (Å²) in [5, 5.41) is 9.34. The van der Waals surface area contributed by atoms with Gasteiger partial charge in [0, 0.05) is 12.0 Å². The molecule has 3 nitrogen and oxygen atoms in total. The summed E-state index contributed by atoms with van der Waals surface area (Å²) in [6.07, 6.45) is 6.82. The van der Waals surface area contributed by atoms with Gasteiger partial charge in [-0.1, -0.05) is 54.6 Å². The summed E-state index contributed by atoms with van der Waals surface area (Å²) >= 11 is 0. The smallest absolute Gasteiger partial charge is 0.336 e. The highest BCUT2D eigenvalue weighted by atomic mass is 16.4. The van der Waals surface area contributed by atoms with E-state index in [1.165, 1.54) is 11.1 Å². The van der Waals surface area contributed by atoms with Crippen LogP contribution in [0.25, 0.3) is 6.08 Å². The second-order valence-electron chi connectivity index (χ2n) is 6.82. The van der Waals surface area contributed by atoms with E-state index in [0.29, 0.717) is 12.1 Å². The summed E-state index contributed by atoms with van der Waals surface area (Å²) in [7, 11) is 0. The predicted molar refractivity (Wildman–Crippen MR) is 95.1 cm³/mol. The number of nitrogens with zero attached hydrogens (tertiary/aromatic N) is 1. The molecule has 1 aliphatic carbocycles. The Labute approximate surface area is 142 Å². The van der Waals surface area contributed by atoms with Crippen LogP contribution in [0, 0.1) is 0 Å². The molecule has 1 spiro atoms. The predicted octanol–water partition coefficient (Wildman–Crippen LogP) is 3.95. The van der Waals surface area contributed by atoms with Crippen LogP contribution >= 0.6 is 0 Å². The Morgan fingerprint density at radius 2 is 1.75 bits per heavy atom. The maximum Gasteiger partial charge on any atom is 0.336 e. The Morgan fingerprint density at radius 3 is 2.54 bits per heavy atom. The number of fused-ring (bicyclic) bond motifs is 2. The number of likely N-dealkylation sites (tertiary alicyclic amines) is 1. The van der Waals surface area contributed by atoms with Gasteiger partial charge in [0.2, 0.25) is 0 Å². The lowest BCUT2D eigenvalue weighted by molar-refractivity contribution is 0.0693. The molecule has 1 N–H and O–H groups in total. The van der Waals surface area contributed by atoms with Gasteiger partial charge < -0.3 is 5.11 Å². The van der Waals surface area contributed by atoms with E-state index in [1.54, 1.807) is 12.1 Å². The molecule has 2 aromatic rings. The highest BCUT2D eigenvalue weighted by Crippen LogP contribution is 2.43. The number of benzene rings is 2. The molecule has 1 fully saturated rings. The molecule has 2 aromatic carbocycles. The van der Waals surface area contributed by atoms with E-state index in [4.69, 9.17) is 0 Å². The fourth-order valence-electron chi connectivity index (χ4n) is 4.09. The van der Waals surface area contributed by atoms with Gasteiger partial charge in [-0.2, -0.15) is 0 Å². The third-order valence-electron chi connectivity index (χ3n) is 5.47. The van der Waals surface area contributed by atoms with Crippen molar-refractivity contribution < 1.29 is 9.90 Å². The molecule has 0 bridgehead atoms. The zero-order valence-electron chi connectivity index (χ0n) is 13.6. The number of rotatable bonds is 3. The fourth-order valence-corrected chi connectivity index (χ4v) is 4.09. The van der Waals surface area contributed by atoms with E-state index in [9.17, 15) is 9.90 Å². The van der Waals surface area contributed by atoms with E-state index < -0.39 is 5.97 Å². The maximum atomic E-state index is 11.4. The molecule has 0 amide bonds. The van der Waals surface area contributed by atoms with Gasteiger partial charge in [0.1, 0.15) is 0 Å². The summed E-state index contributed by atoms with van der Waals surface area (Å²) in [4.78, 5) is 13.8. The summed E-state index contributed by atoms with van der Waals surface area (Å²) in [6, 6.07) is 16.0. The molecule has 0 aromatic heterocycles. The number of allylic oxidation sites excluding steroid dienone is 1. The van der Waals surface area contributed by atoms with Crippen molar-refractivity contribution in [3.05, 3.63) is 76.9 Å². The average Bonchev–Trinajstić information content (AvgIpc) is 2.96. The number of aromatic carboxylic acids is 1. The van der Waals surface area contributed by atoms with Crippen molar-refractivity contribution in [3.8, 4) is 0 Å². The number of hydrogen-bond donors (Lipinski definition) is 1. The molecule has 0 saturated carbocycles. The van der Waals surface area contributed by atoms with E-state index >= 15 is 0 Å². The lowest BCUT2D eigenvalue weighted by Crippen LogP contribution is -2.40. The highest BCUT2D eigenvalue weighted by molar-refractivity contribution is 5.89. The SMILES string of the molecule is O=C(O)c1ccccc1CN1CCC2(C=Cc3ccccc32)CC1. The summed E-state index contributed by atoms with van der Waals surface area (Å²) in [5.74, 6) is -0.841. The Kier molecular flexibility index (Phi) is 3.73. The van der Waals surface area contributed by atoms with E-state index in [0.717, 1.165) is 31.5 Å². The van der Waals surface area contributed by atoms with Gasteiger partial charge in [-0.15, -0.1) is 0 Å². The second kappa shape index (κ2) is 5.91. The average molecular weight is 319 g/mol. The molecule has 3 heteroatoms. The van der Waals surface area contributed by atoms with Crippen LogP contribution in [0.1, 0.15) is 39.9 Å². The van der Waals surface area contributed by atoms with Gasteiger partial charge >= 0.3 is 5.97 Å². The topological polar surface area (TPSA) is 40.5 Å². The van der Waals surface area contributed by atoms with Gasteiger partial charge in [0.05, 0.1) is 5.56 Å².